The summed E-state index contributed by atoms with van der Waals surface area (Å²) in [4.78, 5) is 30.2. The molecule has 0 saturated carbocycles. The molecule has 6 heteroatoms. The van der Waals surface area contributed by atoms with E-state index in [0.29, 0.717) is 21.9 Å². The van der Waals surface area contributed by atoms with Crippen molar-refractivity contribution in [1.82, 2.24) is 4.98 Å². The summed E-state index contributed by atoms with van der Waals surface area (Å²) >= 11 is 1.36. The van der Waals surface area contributed by atoms with E-state index < -0.39 is 0 Å². The molecular formula is C33H23N3O2S. The molecule has 188 valence electrons. The number of carbonyl (C=O) groups excluding carboxylic acids is 2. The first kappa shape index (κ1) is 24.3. The van der Waals surface area contributed by atoms with Gasteiger partial charge in [0.1, 0.15) is 0 Å². The molecule has 0 atom stereocenters. The van der Waals surface area contributed by atoms with E-state index in [1.54, 1.807) is 0 Å². The van der Waals surface area contributed by atoms with Crippen molar-refractivity contribution in [3.05, 3.63) is 139 Å². The van der Waals surface area contributed by atoms with Gasteiger partial charge in [-0.1, -0.05) is 96.3 Å². The van der Waals surface area contributed by atoms with Crippen LogP contribution in [0.5, 0.6) is 0 Å². The molecule has 2 amide bonds. The molecule has 0 unspecified atom stereocenters. The van der Waals surface area contributed by atoms with Crippen molar-refractivity contribution in [2.75, 3.05) is 10.6 Å². The molecule has 5 nitrogen and oxygen atoms in total. The summed E-state index contributed by atoms with van der Waals surface area (Å²) in [5.74, 6) is -0.410. The largest absolute Gasteiger partial charge is 0.322 e. The summed E-state index contributed by atoms with van der Waals surface area (Å²) in [5, 5.41) is 6.35. The van der Waals surface area contributed by atoms with Crippen LogP contribution in [0.1, 0.15) is 20.7 Å². The molecule has 0 fully saturated rings. The standard InChI is InChI=1S/C33H23N3O2S/c37-31(26-15-11-24(12-16-26)22-7-3-1-4-8-22)34-28-19-20-29-30(21-28)39-33(35-29)36-32(38)27-17-13-25(14-18-27)23-9-5-2-6-10-23/h1-21H,(H,34,37)(H,35,36,38). The Labute approximate surface area is 229 Å². The lowest BCUT2D eigenvalue weighted by Crippen LogP contribution is -2.11. The van der Waals surface area contributed by atoms with Gasteiger partial charge in [0, 0.05) is 16.8 Å². The molecule has 39 heavy (non-hydrogen) atoms. The molecule has 0 aliphatic heterocycles. The van der Waals surface area contributed by atoms with E-state index in [4.69, 9.17) is 0 Å². The van der Waals surface area contributed by atoms with Crippen LogP contribution < -0.4 is 10.6 Å². The van der Waals surface area contributed by atoms with Crippen molar-refractivity contribution in [2.45, 2.75) is 0 Å². The highest BCUT2D eigenvalue weighted by atomic mass is 32.1. The van der Waals surface area contributed by atoms with E-state index in [2.05, 4.69) is 15.6 Å². The van der Waals surface area contributed by atoms with Gasteiger partial charge >= 0.3 is 0 Å². The average molecular weight is 526 g/mol. The number of aromatic nitrogens is 1. The van der Waals surface area contributed by atoms with Crippen LogP contribution in [-0.4, -0.2) is 16.8 Å². The number of hydrogen-bond donors (Lipinski definition) is 2. The Morgan fingerprint density at radius 1 is 0.538 bits per heavy atom. The quantitative estimate of drug-likeness (QED) is 0.231. The number of anilines is 2. The Bertz CT molecular complexity index is 1670. The monoisotopic (exact) mass is 525 g/mol. The molecule has 5 aromatic carbocycles. The van der Waals surface area contributed by atoms with Gasteiger partial charge < -0.3 is 5.32 Å². The first-order valence-corrected chi connectivity index (χ1v) is 13.3. The van der Waals surface area contributed by atoms with Gasteiger partial charge in [0.25, 0.3) is 11.8 Å². The van der Waals surface area contributed by atoms with Crippen LogP contribution in [0.25, 0.3) is 32.5 Å². The lowest BCUT2D eigenvalue weighted by Gasteiger charge is -2.07. The number of rotatable bonds is 6. The SMILES string of the molecule is O=C(Nc1ccc2nc(NC(=O)c3ccc(-c4ccccc4)cc3)sc2c1)c1ccc(-c2ccccc2)cc1. The zero-order valence-corrected chi connectivity index (χ0v) is 21.6. The van der Waals surface area contributed by atoms with Crippen molar-refractivity contribution < 1.29 is 9.59 Å². The highest BCUT2D eigenvalue weighted by molar-refractivity contribution is 7.22. The van der Waals surface area contributed by atoms with E-state index in [1.165, 1.54) is 11.3 Å². The number of nitrogens with zero attached hydrogens (tertiary/aromatic N) is 1. The smallest absolute Gasteiger partial charge is 0.257 e. The van der Waals surface area contributed by atoms with Gasteiger partial charge in [0.15, 0.2) is 5.13 Å². The Hall–Kier alpha value is -5.07. The summed E-state index contributed by atoms with van der Waals surface area (Å²) in [5.41, 5.74) is 6.85. The topological polar surface area (TPSA) is 71.1 Å². The van der Waals surface area contributed by atoms with Crippen LogP contribution in [0.4, 0.5) is 10.8 Å². The Balaban J connectivity index is 1.12. The second-order valence-corrected chi connectivity index (χ2v) is 10.0. The first-order valence-electron chi connectivity index (χ1n) is 12.5. The Kier molecular flexibility index (Phi) is 6.68. The molecule has 1 heterocycles. The maximum atomic E-state index is 12.8. The summed E-state index contributed by atoms with van der Waals surface area (Å²) < 4.78 is 0.863. The van der Waals surface area contributed by atoms with Gasteiger partial charge in [-0.2, -0.15) is 0 Å². The fraction of sp³-hybridized carbons (Fsp3) is 0. The molecule has 0 aliphatic carbocycles. The highest BCUT2D eigenvalue weighted by Gasteiger charge is 2.12. The van der Waals surface area contributed by atoms with Crippen LogP contribution in [0, 0.1) is 0 Å². The van der Waals surface area contributed by atoms with E-state index in [1.807, 2.05) is 127 Å². The van der Waals surface area contributed by atoms with Gasteiger partial charge in [-0.3, -0.25) is 14.9 Å². The third-order valence-electron chi connectivity index (χ3n) is 6.38. The Morgan fingerprint density at radius 2 is 1.03 bits per heavy atom. The predicted octanol–water partition coefficient (Wildman–Crippen LogP) is 8.13. The molecule has 0 radical (unpaired) electrons. The molecular weight excluding hydrogens is 502 g/mol. The van der Waals surface area contributed by atoms with Crippen LogP contribution in [0.15, 0.2) is 127 Å². The molecule has 2 N–H and O–H groups in total. The van der Waals surface area contributed by atoms with Crippen molar-refractivity contribution in [3.63, 3.8) is 0 Å². The van der Waals surface area contributed by atoms with Crippen molar-refractivity contribution >= 4 is 44.2 Å². The molecule has 0 saturated heterocycles. The van der Waals surface area contributed by atoms with E-state index in [-0.39, 0.29) is 11.8 Å². The van der Waals surface area contributed by atoms with Crippen LogP contribution in [0.2, 0.25) is 0 Å². The lowest BCUT2D eigenvalue weighted by molar-refractivity contribution is 0.101. The lowest BCUT2D eigenvalue weighted by atomic mass is 10.0. The van der Waals surface area contributed by atoms with Gasteiger partial charge in [0.05, 0.1) is 10.2 Å². The number of carbonyl (C=O) groups is 2. The van der Waals surface area contributed by atoms with E-state index >= 15 is 0 Å². The highest BCUT2D eigenvalue weighted by Crippen LogP contribution is 2.29. The molecule has 0 aliphatic rings. The average Bonchev–Trinajstić information content (AvgIpc) is 3.39. The zero-order valence-electron chi connectivity index (χ0n) is 20.8. The summed E-state index contributed by atoms with van der Waals surface area (Å²) in [6.45, 7) is 0. The number of hydrogen-bond acceptors (Lipinski definition) is 4. The minimum Gasteiger partial charge on any atom is -0.322 e. The summed E-state index contributed by atoms with van der Waals surface area (Å²) in [7, 11) is 0. The van der Waals surface area contributed by atoms with E-state index in [0.717, 1.165) is 32.5 Å². The van der Waals surface area contributed by atoms with Crippen LogP contribution in [-0.2, 0) is 0 Å². The van der Waals surface area contributed by atoms with Gasteiger partial charge in [-0.15, -0.1) is 0 Å². The molecule has 0 spiro atoms. The van der Waals surface area contributed by atoms with Crippen molar-refractivity contribution in [3.8, 4) is 22.3 Å². The maximum absolute atomic E-state index is 12.8. The number of fused-ring (bicyclic) bond motifs is 1. The van der Waals surface area contributed by atoms with Crippen LogP contribution in [0.3, 0.4) is 0 Å². The van der Waals surface area contributed by atoms with Crippen LogP contribution >= 0.6 is 11.3 Å². The molecule has 6 aromatic rings. The van der Waals surface area contributed by atoms with Gasteiger partial charge in [-0.05, 0) is 64.7 Å². The maximum Gasteiger partial charge on any atom is 0.257 e. The van der Waals surface area contributed by atoms with Gasteiger partial charge in [-0.25, -0.2) is 4.98 Å². The second kappa shape index (κ2) is 10.7. The molecule has 0 bridgehead atoms. The van der Waals surface area contributed by atoms with Crippen molar-refractivity contribution in [1.29, 1.82) is 0 Å². The third kappa shape index (κ3) is 5.46. The minimum absolute atomic E-state index is 0.189. The Morgan fingerprint density at radius 3 is 1.56 bits per heavy atom. The number of nitrogens with one attached hydrogen (secondary N) is 2. The number of thiazole rings is 1. The zero-order chi connectivity index (χ0) is 26.6. The van der Waals surface area contributed by atoms with Gasteiger partial charge in [0.2, 0.25) is 0 Å². The number of amides is 2. The minimum atomic E-state index is -0.221. The first-order chi connectivity index (χ1) is 19.1. The molecule has 6 rings (SSSR count). The predicted molar refractivity (Wildman–Crippen MR) is 159 cm³/mol. The third-order valence-corrected chi connectivity index (χ3v) is 7.31. The molecule has 1 aromatic heterocycles. The normalized spacial score (nSPS) is 10.8. The fourth-order valence-corrected chi connectivity index (χ4v) is 5.22. The second-order valence-electron chi connectivity index (χ2n) is 9.00. The van der Waals surface area contributed by atoms with Crippen molar-refractivity contribution in [2.24, 2.45) is 0 Å². The van der Waals surface area contributed by atoms with E-state index in [9.17, 15) is 9.59 Å². The fourth-order valence-electron chi connectivity index (χ4n) is 4.32. The number of benzene rings is 5. The summed E-state index contributed by atoms with van der Waals surface area (Å²) in [6.07, 6.45) is 0. The summed E-state index contributed by atoms with van der Waals surface area (Å²) in [6, 6.07) is 40.6.